The van der Waals surface area contributed by atoms with Gasteiger partial charge in [0.2, 0.25) is 5.91 Å². The molecule has 0 aliphatic rings. The number of benzene rings is 1. The molecular formula is C15H18N4OS2. The fraction of sp³-hybridized carbons (Fsp3) is 0.267. The zero-order valence-electron chi connectivity index (χ0n) is 12.6. The van der Waals surface area contributed by atoms with Crippen LogP contribution < -0.4 is 5.32 Å². The number of anilines is 1. The van der Waals surface area contributed by atoms with Gasteiger partial charge in [-0.2, -0.15) is 0 Å². The molecule has 2 aromatic rings. The summed E-state index contributed by atoms with van der Waals surface area (Å²) in [5.74, 6) is 1.04. The highest BCUT2D eigenvalue weighted by Crippen LogP contribution is 2.19. The summed E-state index contributed by atoms with van der Waals surface area (Å²) < 4.78 is 1.93. The maximum atomic E-state index is 12.0. The maximum Gasteiger partial charge on any atom is 0.234 e. The van der Waals surface area contributed by atoms with E-state index in [9.17, 15) is 4.79 Å². The summed E-state index contributed by atoms with van der Waals surface area (Å²) in [5, 5.41) is 11.7. The van der Waals surface area contributed by atoms with Crippen LogP contribution in [0.25, 0.3) is 0 Å². The van der Waals surface area contributed by atoms with Gasteiger partial charge in [-0.15, -0.1) is 28.5 Å². The van der Waals surface area contributed by atoms with E-state index in [2.05, 4.69) is 22.1 Å². The van der Waals surface area contributed by atoms with Crippen LogP contribution in [0.4, 0.5) is 5.69 Å². The van der Waals surface area contributed by atoms with Crippen LogP contribution in [0, 0.1) is 6.92 Å². The number of hydrogen-bond donors (Lipinski definition) is 1. The molecule has 0 fully saturated rings. The Hall–Kier alpha value is -1.73. The SMILES string of the molecule is C=CCn1c(C)nnc1SCC(=O)Nc1ccc(SC)cc1. The fourth-order valence-electron chi connectivity index (χ4n) is 1.81. The van der Waals surface area contributed by atoms with Gasteiger partial charge in [0.25, 0.3) is 0 Å². The smallest absolute Gasteiger partial charge is 0.234 e. The topological polar surface area (TPSA) is 59.8 Å². The van der Waals surface area contributed by atoms with Crippen LogP contribution in [-0.2, 0) is 11.3 Å². The molecule has 1 amide bonds. The van der Waals surface area contributed by atoms with Crippen LogP contribution in [0.15, 0.2) is 47.0 Å². The summed E-state index contributed by atoms with van der Waals surface area (Å²) in [5.41, 5.74) is 0.798. The number of hydrogen-bond acceptors (Lipinski definition) is 5. The lowest BCUT2D eigenvalue weighted by atomic mass is 10.3. The van der Waals surface area contributed by atoms with Crippen molar-refractivity contribution in [1.82, 2.24) is 14.8 Å². The second-order valence-electron chi connectivity index (χ2n) is 4.49. The Bertz CT molecular complexity index is 652. The first-order chi connectivity index (χ1) is 10.6. The van der Waals surface area contributed by atoms with E-state index < -0.39 is 0 Å². The van der Waals surface area contributed by atoms with Crippen LogP contribution in [0.1, 0.15) is 5.82 Å². The van der Waals surface area contributed by atoms with E-state index in [0.29, 0.717) is 12.3 Å². The molecule has 0 saturated heterocycles. The standard InChI is InChI=1S/C15H18N4OS2/c1-4-9-19-11(2)17-18-15(19)22-10-14(20)16-12-5-7-13(21-3)8-6-12/h4-8H,1,9-10H2,2-3H3,(H,16,20). The summed E-state index contributed by atoms with van der Waals surface area (Å²) >= 11 is 3.04. The van der Waals surface area contributed by atoms with Crippen LogP contribution in [0.5, 0.6) is 0 Å². The Labute approximate surface area is 138 Å². The molecule has 1 aromatic carbocycles. The quantitative estimate of drug-likeness (QED) is 0.622. The van der Waals surface area contributed by atoms with Crippen LogP contribution in [0.3, 0.4) is 0 Å². The van der Waals surface area contributed by atoms with Gasteiger partial charge in [0, 0.05) is 17.1 Å². The number of amides is 1. The summed E-state index contributed by atoms with van der Waals surface area (Å²) in [7, 11) is 0. The van der Waals surface area contributed by atoms with E-state index in [1.807, 2.05) is 42.0 Å². The first kappa shape index (κ1) is 16.6. The van der Waals surface area contributed by atoms with Crippen molar-refractivity contribution in [2.75, 3.05) is 17.3 Å². The van der Waals surface area contributed by atoms with E-state index >= 15 is 0 Å². The van der Waals surface area contributed by atoms with Crippen molar-refractivity contribution in [2.24, 2.45) is 0 Å². The molecule has 116 valence electrons. The minimum Gasteiger partial charge on any atom is -0.325 e. The van der Waals surface area contributed by atoms with Crippen LogP contribution in [0.2, 0.25) is 0 Å². The molecule has 0 spiro atoms. The number of nitrogens with one attached hydrogen (secondary N) is 1. The molecule has 0 aliphatic carbocycles. The molecule has 0 saturated carbocycles. The summed E-state index contributed by atoms with van der Waals surface area (Å²) in [6.45, 7) is 6.24. The number of allylic oxidation sites excluding steroid dienone is 1. The number of carbonyl (C=O) groups excluding carboxylic acids is 1. The number of thioether (sulfide) groups is 2. The van der Waals surface area contributed by atoms with Crippen molar-refractivity contribution >= 4 is 35.1 Å². The number of carbonyl (C=O) groups is 1. The maximum absolute atomic E-state index is 12.0. The molecule has 5 nitrogen and oxygen atoms in total. The Balaban J connectivity index is 1.91. The van der Waals surface area contributed by atoms with Gasteiger partial charge >= 0.3 is 0 Å². The van der Waals surface area contributed by atoms with Crippen LogP contribution >= 0.6 is 23.5 Å². The first-order valence-electron chi connectivity index (χ1n) is 6.71. The minimum absolute atomic E-state index is 0.0623. The highest BCUT2D eigenvalue weighted by molar-refractivity contribution is 7.99. The molecule has 0 bridgehead atoms. The Morgan fingerprint density at radius 2 is 2.09 bits per heavy atom. The normalized spacial score (nSPS) is 10.5. The molecule has 7 heteroatoms. The van der Waals surface area contributed by atoms with Crippen molar-refractivity contribution in [3.8, 4) is 0 Å². The molecule has 0 radical (unpaired) electrons. The number of nitrogens with zero attached hydrogens (tertiary/aromatic N) is 3. The molecule has 0 atom stereocenters. The largest absolute Gasteiger partial charge is 0.325 e. The van der Waals surface area contributed by atoms with Gasteiger partial charge in [-0.25, -0.2) is 0 Å². The highest BCUT2D eigenvalue weighted by Gasteiger charge is 2.11. The second-order valence-corrected chi connectivity index (χ2v) is 6.32. The van der Waals surface area contributed by atoms with Crippen molar-refractivity contribution in [3.63, 3.8) is 0 Å². The Kier molecular flexibility index (Phi) is 6.09. The number of aromatic nitrogens is 3. The zero-order chi connectivity index (χ0) is 15.9. The van der Waals surface area contributed by atoms with E-state index in [4.69, 9.17) is 0 Å². The zero-order valence-corrected chi connectivity index (χ0v) is 14.2. The van der Waals surface area contributed by atoms with Gasteiger partial charge in [0.05, 0.1) is 5.75 Å². The van der Waals surface area contributed by atoms with Gasteiger partial charge in [-0.3, -0.25) is 4.79 Å². The average molecular weight is 334 g/mol. The van der Waals surface area contributed by atoms with E-state index in [0.717, 1.165) is 16.7 Å². The molecule has 0 unspecified atom stereocenters. The molecule has 22 heavy (non-hydrogen) atoms. The van der Waals surface area contributed by atoms with Gasteiger partial charge in [0.15, 0.2) is 5.16 Å². The fourth-order valence-corrected chi connectivity index (χ4v) is 3.01. The third-order valence-corrected chi connectivity index (χ3v) is 4.63. The molecule has 1 heterocycles. The van der Waals surface area contributed by atoms with E-state index in [1.165, 1.54) is 16.7 Å². The van der Waals surface area contributed by atoms with Crippen molar-refractivity contribution in [1.29, 1.82) is 0 Å². The minimum atomic E-state index is -0.0623. The van der Waals surface area contributed by atoms with Gasteiger partial charge in [0.1, 0.15) is 5.82 Å². The first-order valence-corrected chi connectivity index (χ1v) is 8.92. The van der Waals surface area contributed by atoms with Crippen molar-refractivity contribution in [3.05, 3.63) is 42.7 Å². The Morgan fingerprint density at radius 3 is 2.73 bits per heavy atom. The van der Waals surface area contributed by atoms with Gasteiger partial charge in [-0.1, -0.05) is 17.8 Å². The second kappa shape index (κ2) is 8.05. The molecule has 1 aromatic heterocycles. The lowest BCUT2D eigenvalue weighted by Crippen LogP contribution is -2.14. The lowest BCUT2D eigenvalue weighted by molar-refractivity contribution is -0.113. The molecule has 2 rings (SSSR count). The van der Waals surface area contributed by atoms with Crippen LogP contribution in [-0.4, -0.2) is 32.7 Å². The highest BCUT2D eigenvalue weighted by atomic mass is 32.2. The predicted octanol–water partition coefficient (Wildman–Crippen LogP) is 3.23. The van der Waals surface area contributed by atoms with Gasteiger partial charge in [-0.05, 0) is 37.4 Å². The third-order valence-electron chi connectivity index (χ3n) is 2.92. The van der Waals surface area contributed by atoms with Crippen molar-refractivity contribution < 1.29 is 4.79 Å². The Morgan fingerprint density at radius 1 is 1.36 bits per heavy atom. The summed E-state index contributed by atoms with van der Waals surface area (Å²) in [6.07, 6.45) is 3.80. The number of aryl methyl sites for hydroxylation is 1. The lowest BCUT2D eigenvalue weighted by Gasteiger charge is -2.07. The van der Waals surface area contributed by atoms with E-state index in [1.54, 1.807) is 17.8 Å². The summed E-state index contributed by atoms with van der Waals surface area (Å²) in [6, 6.07) is 7.77. The number of rotatable bonds is 7. The predicted molar refractivity (Wildman–Crippen MR) is 92.5 cm³/mol. The van der Waals surface area contributed by atoms with Gasteiger partial charge < -0.3 is 9.88 Å². The van der Waals surface area contributed by atoms with Crippen molar-refractivity contribution in [2.45, 2.75) is 23.5 Å². The monoisotopic (exact) mass is 334 g/mol. The summed E-state index contributed by atoms with van der Waals surface area (Å²) in [4.78, 5) is 13.2. The molecule has 1 N–H and O–H groups in total. The molecular weight excluding hydrogens is 316 g/mol. The molecule has 0 aliphatic heterocycles. The third kappa shape index (κ3) is 4.38. The average Bonchev–Trinajstić information content (AvgIpc) is 2.87. The van der Waals surface area contributed by atoms with E-state index in [-0.39, 0.29) is 5.91 Å².